The van der Waals surface area contributed by atoms with Gasteiger partial charge in [0.2, 0.25) is 5.91 Å². The van der Waals surface area contributed by atoms with Crippen LogP contribution >= 0.6 is 0 Å². The minimum atomic E-state index is -4.38. The minimum absolute atomic E-state index is 0.0602. The Hall–Kier alpha value is -1.52. The van der Waals surface area contributed by atoms with Crippen molar-refractivity contribution < 1.29 is 18.0 Å². The number of halogens is 3. The fourth-order valence-corrected chi connectivity index (χ4v) is 4.08. The Balaban J connectivity index is 1.55. The molecule has 3 atom stereocenters. The largest absolute Gasteiger partial charge is 0.416 e. The molecule has 0 aromatic heterocycles. The molecule has 0 heterocycles. The standard InChI is InChI=1S/C17H20F3NO/c18-17(19,20)15-4-2-1-3-13(15)10-21-16(22)9-14-8-11-5-6-12(14)7-11/h1-4,11-12,14H,5-10H2,(H,21,22). The van der Waals surface area contributed by atoms with Crippen LogP contribution in [-0.2, 0) is 17.5 Å². The molecule has 120 valence electrons. The molecule has 0 aliphatic heterocycles. The molecule has 0 spiro atoms. The van der Waals surface area contributed by atoms with Crippen LogP contribution in [0.3, 0.4) is 0 Å². The third-order valence-electron chi connectivity index (χ3n) is 5.13. The number of hydrogen-bond donors (Lipinski definition) is 1. The van der Waals surface area contributed by atoms with Crippen LogP contribution in [0.1, 0.15) is 43.2 Å². The van der Waals surface area contributed by atoms with E-state index in [2.05, 4.69) is 5.32 Å². The molecule has 2 nitrogen and oxygen atoms in total. The SMILES string of the molecule is O=C(CC1CC2CCC1C2)NCc1ccccc1C(F)(F)F. The summed E-state index contributed by atoms with van der Waals surface area (Å²) in [4.78, 5) is 12.0. The zero-order valence-corrected chi connectivity index (χ0v) is 12.3. The van der Waals surface area contributed by atoms with E-state index in [0.717, 1.165) is 18.4 Å². The number of carbonyl (C=O) groups is 1. The molecule has 2 aliphatic rings. The van der Waals surface area contributed by atoms with Gasteiger partial charge < -0.3 is 5.32 Å². The zero-order valence-electron chi connectivity index (χ0n) is 12.3. The van der Waals surface area contributed by atoms with Gasteiger partial charge in [-0.2, -0.15) is 13.2 Å². The normalized spacial score (nSPS) is 27.1. The van der Waals surface area contributed by atoms with Gasteiger partial charge in [0, 0.05) is 13.0 Å². The van der Waals surface area contributed by atoms with E-state index in [1.54, 1.807) is 6.07 Å². The number of hydrogen-bond acceptors (Lipinski definition) is 1. The smallest absolute Gasteiger partial charge is 0.352 e. The fourth-order valence-electron chi connectivity index (χ4n) is 4.08. The second kappa shape index (κ2) is 5.94. The molecule has 2 aliphatic carbocycles. The summed E-state index contributed by atoms with van der Waals surface area (Å²) < 4.78 is 38.7. The lowest BCUT2D eigenvalue weighted by atomic mass is 9.86. The van der Waals surface area contributed by atoms with Crippen LogP contribution < -0.4 is 5.32 Å². The maximum absolute atomic E-state index is 12.9. The highest BCUT2D eigenvalue weighted by Gasteiger charge is 2.40. The second-order valence-corrected chi connectivity index (χ2v) is 6.57. The lowest BCUT2D eigenvalue weighted by Crippen LogP contribution is -2.27. The van der Waals surface area contributed by atoms with Crippen molar-refractivity contribution in [1.29, 1.82) is 0 Å². The number of nitrogens with one attached hydrogen (secondary N) is 1. The van der Waals surface area contributed by atoms with Crippen molar-refractivity contribution in [2.75, 3.05) is 0 Å². The number of carbonyl (C=O) groups excluding carboxylic acids is 1. The molecule has 2 saturated carbocycles. The van der Waals surface area contributed by atoms with Crippen LogP contribution in [0.2, 0.25) is 0 Å². The van der Waals surface area contributed by atoms with Gasteiger partial charge >= 0.3 is 6.18 Å². The summed E-state index contributed by atoms with van der Waals surface area (Å²) in [6, 6.07) is 5.40. The van der Waals surface area contributed by atoms with Gasteiger partial charge in [0.05, 0.1) is 5.56 Å². The summed E-state index contributed by atoms with van der Waals surface area (Å²) >= 11 is 0. The number of fused-ring (bicyclic) bond motifs is 2. The first-order chi connectivity index (χ1) is 10.4. The molecule has 2 fully saturated rings. The van der Waals surface area contributed by atoms with E-state index in [0.29, 0.717) is 18.3 Å². The molecular weight excluding hydrogens is 291 g/mol. The number of rotatable bonds is 4. The van der Waals surface area contributed by atoms with Gasteiger partial charge in [-0.05, 0) is 48.6 Å². The summed E-state index contributed by atoms with van der Waals surface area (Å²) in [5, 5.41) is 2.66. The minimum Gasteiger partial charge on any atom is -0.352 e. The van der Waals surface area contributed by atoms with E-state index in [-0.39, 0.29) is 18.0 Å². The summed E-state index contributed by atoms with van der Waals surface area (Å²) in [6.07, 6.45) is 0.897. The Morgan fingerprint density at radius 3 is 2.59 bits per heavy atom. The fraction of sp³-hybridized carbons (Fsp3) is 0.588. The number of amides is 1. The van der Waals surface area contributed by atoms with Crippen LogP contribution in [0.5, 0.6) is 0 Å². The van der Waals surface area contributed by atoms with E-state index >= 15 is 0 Å². The van der Waals surface area contributed by atoms with Gasteiger partial charge in [-0.3, -0.25) is 4.79 Å². The third kappa shape index (κ3) is 3.28. The Bertz CT molecular complexity index is 555. The van der Waals surface area contributed by atoms with E-state index in [1.165, 1.54) is 31.4 Å². The highest BCUT2D eigenvalue weighted by molar-refractivity contribution is 5.76. The van der Waals surface area contributed by atoms with E-state index < -0.39 is 11.7 Å². The number of alkyl halides is 3. The van der Waals surface area contributed by atoms with E-state index in [1.807, 2.05) is 0 Å². The van der Waals surface area contributed by atoms with Gasteiger partial charge in [-0.1, -0.05) is 24.6 Å². The predicted octanol–water partition coefficient (Wildman–Crippen LogP) is 4.15. The molecule has 1 amide bonds. The lowest BCUT2D eigenvalue weighted by molar-refractivity contribution is -0.138. The number of benzene rings is 1. The first kappa shape index (κ1) is 15.4. The molecular formula is C17H20F3NO. The highest BCUT2D eigenvalue weighted by Crippen LogP contribution is 2.49. The topological polar surface area (TPSA) is 29.1 Å². The Morgan fingerprint density at radius 1 is 1.18 bits per heavy atom. The lowest BCUT2D eigenvalue weighted by Gasteiger charge is -2.21. The van der Waals surface area contributed by atoms with Crippen molar-refractivity contribution in [1.82, 2.24) is 5.32 Å². The summed E-state index contributed by atoms with van der Waals surface area (Å²) in [5.74, 6) is 1.72. The molecule has 22 heavy (non-hydrogen) atoms. The highest BCUT2D eigenvalue weighted by atomic mass is 19.4. The summed E-state index contributed by atoms with van der Waals surface area (Å²) in [7, 11) is 0. The zero-order chi connectivity index (χ0) is 15.7. The Kier molecular flexibility index (Phi) is 4.15. The van der Waals surface area contributed by atoms with Crippen molar-refractivity contribution in [3.05, 3.63) is 35.4 Å². The predicted molar refractivity (Wildman–Crippen MR) is 76.8 cm³/mol. The van der Waals surface area contributed by atoms with E-state index in [4.69, 9.17) is 0 Å². The maximum Gasteiger partial charge on any atom is 0.416 e. The van der Waals surface area contributed by atoms with Crippen LogP contribution in [-0.4, -0.2) is 5.91 Å². The molecule has 2 bridgehead atoms. The first-order valence-electron chi connectivity index (χ1n) is 7.85. The quantitative estimate of drug-likeness (QED) is 0.889. The van der Waals surface area contributed by atoms with Crippen LogP contribution in [0, 0.1) is 17.8 Å². The summed E-state index contributed by atoms with van der Waals surface area (Å²) in [6.45, 7) is -0.0602. The van der Waals surface area contributed by atoms with Crippen molar-refractivity contribution in [2.45, 2.75) is 44.8 Å². The van der Waals surface area contributed by atoms with Gasteiger partial charge in [0.1, 0.15) is 0 Å². The van der Waals surface area contributed by atoms with Crippen molar-refractivity contribution in [3.8, 4) is 0 Å². The molecule has 1 aromatic rings. The molecule has 0 saturated heterocycles. The summed E-state index contributed by atoms with van der Waals surface area (Å²) in [5.41, 5.74) is -0.550. The van der Waals surface area contributed by atoms with Gasteiger partial charge in [-0.15, -0.1) is 0 Å². The van der Waals surface area contributed by atoms with Gasteiger partial charge in [-0.25, -0.2) is 0 Å². The average Bonchev–Trinajstić information content (AvgIpc) is 3.07. The monoisotopic (exact) mass is 311 g/mol. The van der Waals surface area contributed by atoms with Crippen LogP contribution in [0.4, 0.5) is 13.2 Å². The van der Waals surface area contributed by atoms with Crippen LogP contribution in [0.25, 0.3) is 0 Å². The molecule has 3 unspecified atom stereocenters. The average molecular weight is 311 g/mol. The van der Waals surface area contributed by atoms with Crippen molar-refractivity contribution in [3.63, 3.8) is 0 Å². The molecule has 1 N–H and O–H groups in total. The van der Waals surface area contributed by atoms with Crippen LogP contribution in [0.15, 0.2) is 24.3 Å². The molecule has 1 aromatic carbocycles. The third-order valence-corrected chi connectivity index (χ3v) is 5.13. The molecule has 5 heteroatoms. The van der Waals surface area contributed by atoms with Gasteiger partial charge in [0.15, 0.2) is 0 Å². The van der Waals surface area contributed by atoms with E-state index in [9.17, 15) is 18.0 Å². The second-order valence-electron chi connectivity index (χ2n) is 6.57. The Labute approximate surface area is 128 Å². The Morgan fingerprint density at radius 2 is 1.95 bits per heavy atom. The molecule has 3 rings (SSSR count). The van der Waals surface area contributed by atoms with Crippen molar-refractivity contribution in [2.24, 2.45) is 17.8 Å². The first-order valence-corrected chi connectivity index (χ1v) is 7.85. The molecule has 0 radical (unpaired) electrons. The van der Waals surface area contributed by atoms with Gasteiger partial charge in [0.25, 0.3) is 0 Å². The van der Waals surface area contributed by atoms with Crippen molar-refractivity contribution >= 4 is 5.91 Å². The maximum atomic E-state index is 12.9.